The van der Waals surface area contributed by atoms with E-state index in [0.717, 1.165) is 19.1 Å². The highest BCUT2D eigenvalue weighted by Gasteiger charge is 2.42. The van der Waals surface area contributed by atoms with Gasteiger partial charge in [-0.25, -0.2) is 13.6 Å². The topological polar surface area (TPSA) is 38.3 Å². The summed E-state index contributed by atoms with van der Waals surface area (Å²) in [5, 5.41) is 1.94. The number of ether oxygens (including phenoxy) is 1. The first-order chi connectivity index (χ1) is 9.60. The summed E-state index contributed by atoms with van der Waals surface area (Å²) in [6.07, 6.45) is -4.61. The summed E-state index contributed by atoms with van der Waals surface area (Å²) in [6.45, 7) is 0.889. The highest BCUT2D eigenvalue weighted by molar-refractivity contribution is 5.82. The molecule has 1 atom stereocenters. The minimum atomic E-state index is -4.61. The van der Waals surface area contributed by atoms with Gasteiger partial charge in [0.15, 0.2) is 0 Å². The van der Waals surface area contributed by atoms with Crippen LogP contribution in [0.2, 0.25) is 0 Å². The molecule has 0 saturated heterocycles. The molecule has 21 heavy (non-hydrogen) atoms. The van der Waals surface area contributed by atoms with Crippen molar-refractivity contribution in [1.82, 2.24) is 5.32 Å². The maximum atomic E-state index is 13.8. The maximum absolute atomic E-state index is 13.8. The molecular weight excluding hydrogens is 297 g/mol. The molecule has 0 saturated carbocycles. The van der Waals surface area contributed by atoms with Gasteiger partial charge in [-0.1, -0.05) is 6.07 Å². The van der Waals surface area contributed by atoms with Gasteiger partial charge in [-0.05, 0) is 19.9 Å². The number of carbonyl (C=O) groups is 1. The number of esters is 1. The Hall–Kier alpha value is -1.70. The lowest BCUT2D eigenvalue weighted by Crippen LogP contribution is -2.51. The Morgan fingerprint density at radius 1 is 1.29 bits per heavy atom. The fourth-order valence-corrected chi connectivity index (χ4v) is 1.72. The number of carbonyl (C=O) groups excluding carboxylic acids is 1. The molecule has 0 heterocycles. The summed E-state index contributed by atoms with van der Waals surface area (Å²) >= 11 is 0. The Morgan fingerprint density at radius 2 is 1.90 bits per heavy atom. The predicted molar refractivity (Wildman–Crippen MR) is 64.4 cm³/mol. The molecule has 118 valence electrons. The fraction of sp³-hybridized carbons (Fsp3) is 0.462. The third-order valence-electron chi connectivity index (χ3n) is 2.80. The van der Waals surface area contributed by atoms with Crippen molar-refractivity contribution in [2.45, 2.75) is 25.6 Å². The number of rotatable bonds is 5. The second kappa shape index (κ2) is 6.38. The largest absolute Gasteiger partial charge is 0.464 e. The zero-order chi connectivity index (χ0) is 16.3. The molecule has 1 aromatic carbocycles. The van der Waals surface area contributed by atoms with Crippen LogP contribution in [0.15, 0.2) is 18.2 Å². The van der Waals surface area contributed by atoms with Crippen molar-refractivity contribution in [3.63, 3.8) is 0 Å². The molecule has 1 N–H and O–H groups in total. The van der Waals surface area contributed by atoms with Gasteiger partial charge in [0.1, 0.15) is 17.2 Å². The molecule has 0 amide bonds. The Morgan fingerprint density at radius 3 is 2.38 bits per heavy atom. The first-order valence-electron chi connectivity index (χ1n) is 6.04. The van der Waals surface area contributed by atoms with Gasteiger partial charge in [-0.15, -0.1) is 0 Å². The zero-order valence-corrected chi connectivity index (χ0v) is 11.4. The lowest BCUT2D eigenvalue weighted by atomic mass is 9.91. The molecule has 0 aliphatic rings. The van der Waals surface area contributed by atoms with Gasteiger partial charge in [0.2, 0.25) is 0 Å². The van der Waals surface area contributed by atoms with Crippen LogP contribution in [-0.2, 0) is 15.1 Å². The second-order valence-corrected chi connectivity index (χ2v) is 4.44. The molecule has 0 spiro atoms. The molecule has 0 aliphatic carbocycles. The summed E-state index contributed by atoms with van der Waals surface area (Å²) < 4.78 is 68.4. The lowest BCUT2D eigenvalue weighted by Gasteiger charge is -2.29. The van der Waals surface area contributed by atoms with Crippen LogP contribution in [0.3, 0.4) is 0 Å². The third kappa shape index (κ3) is 4.38. The molecule has 1 rings (SSSR count). The fourth-order valence-electron chi connectivity index (χ4n) is 1.72. The van der Waals surface area contributed by atoms with E-state index in [4.69, 9.17) is 0 Å². The van der Waals surface area contributed by atoms with Crippen molar-refractivity contribution in [1.29, 1.82) is 0 Å². The van der Waals surface area contributed by atoms with Crippen LogP contribution in [-0.4, -0.2) is 25.3 Å². The number of hydrogen-bond acceptors (Lipinski definition) is 3. The molecule has 8 heteroatoms. The van der Waals surface area contributed by atoms with Gasteiger partial charge < -0.3 is 4.74 Å². The SMILES string of the molecule is CCOC(=O)C(C)(NCC(F)(F)F)c1ccc(F)cc1F. The van der Waals surface area contributed by atoms with Gasteiger partial charge in [0.05, 0.1) is 13.2 Å². The van der Waals surface area contributed by atoms with Crippen molar-refractivity contribution in [2.75, 3.05) is 13.2 Å². The van der Waals surface area contributed by atoms with E-state index in [0.29, 0.717) is 6.07 Å². The van der Waals surface area contributed by atoms with E-state index in [1.165, 1.54) is 6.92 Å². The van der Waals surface area contributed by atoms with E-state index in [1.807, 2.05) is 5.32 Å². The van der Waals surface area contributed by atoms with Crippen LogP contribution < -0.4 is 5.32 Å². The minimum absolute atomic E-state index is 0.0923. The van der Waals surface area contributed by atoms with E-state index in [-0.39, 0.29) is 6.61 Å². The minimum Gasteiger partial charge on any atom is -0.464 e. The summed E-state index contributed by atoms with van der Waals surface area (Å²) in [4.78, 5) is 11.9. The summed E-state index contributed by atoms with van der Waals surface area (Å²) in [5.41, 5.74) is -2.50. The first-order valence-corrected chi connectivity index (χ1v) is 6.04. The molecule has 0 fully saturated rings. The monoisotopic (exact) mass is 311 g/mol. The van der Waals surface area contributed by atoms with Crippen LogP contribution in [0.4, 0.5) is 22.0 Å². The standard InChI is InChI=1S/C13H14F5NO2/c1-3-21-11(20)12(2,19-7-13(16,17)18)9-5-4-8(14)6-10(9)15/h4-6,19H,3,7H2,1-2H3. The van der Waals surface area contributed by atoms with E-state index < -0.39 is 41.4 Å². The number of benzene rings is 1. The Bertz CT molecular complexity index is 518. The van der Waals surface area contributed by atoms with Gasteiger partial charge in [0.25, 0.3) is 0 Å². The van der Waals surface area contributed by atoms with Crippen LogP contribution >= 0.6 is 0 Å². The van der Waals surface area contributed by atoms with E-state index >= 15 is 0 Å². The van der Waals surface area contributed by atoms with Gasteiger partial charge >= 0.3 is 12.1 Å². The van der Waals surface area contributed by atoms with Crippen molar-refractivity contribution >= 4 is 5.97 Å². The smallest absolute Gasteiger partial charge is 0.401 e. The molecule has 1 unspecified atom stereocenters. The van der Waals surface area contributed by atoms with E-state index in [9.17, 15) is 26.7 Å². The van der Waals surface area contributed by atoms with Crippen LogP contribution in [0.5, 0.6) is 0 Å². The normalized spacial score (nSPS) is 14.6. The lowest BCUT2D eigenvalue weighted by molar-refractivity contribution is -0.155. The Labute approximate surface area is 118 Å². The Balaban J connectivity index is 3.20. The highest BCUT2D eigenvalue weighted by Crippen LogP contribution is 2.27. The Kier molecular flexibility index (Phi) is 5.27. The van der Waals surface area contributed by atoms with Crippen LogP contribution in [0.1, 0.15) is 19.4 Å². The molecule has 1 aromatic rings. The molecule has 0 bridgehead atoms. The van der Waals surface area contributed by atoms with E-state index in [2.05, 4.69) is 4.74 Å². The van der Waals surface area contributed by atoms with Crippen LogP contribution in [0, 0.1) is 11.6 Å². The van der Waals surface area contributed by atoms with Crippen molar-refractivity contribution in [3.8, 4) is 0 Å². The average Bonchev–Trinajstić information content (AvgIpc) is 2.35. The molecule has 3 nitrogen and oxygen atoms in total. The molecule has 0 aromatic heterocycles. The summed E-state index contributed by atoms with van der Waals surface area (Å²) in [5.74, 6) is -3.13. The maximum Gasteiger partial charge on any atom is 0.401 e. The molecule has 0 radical (unpaired) electrons. The number of hydrogen-bond donors (Lipinski definition) is 1. The van der Waals surface area contributed by atoms with Crippen molar-refractivity contribution < 1.29 is 31.5 Å². The van der Waals surface area contributed by atoms with Gasteiger partial charge in [-0.3, -0.25) is 5.32 Å². The number of alkyl halides is 3. The van der Waals surface area contributed by atoms with Crippen LogP contribution in [0.25, 0.3) is 0 Å². The second-order valence-electron chi connectivity index (χ2n) is 4.44. The van der Waals surface area contributed by atoms with Gasteiger partial charge in [-0.2, -0.15) is 13.2 Å². The van der Waals surface area contributed by atoms with Gasteiger partial charge in [0, 0.05) is 11.6 Å². The van der Waals surface area contributed by atoms with Crippen molar-refractivity contribution in [2.24, 2.45) is 0 Å². The first kappa shape index (κ1) is 17.4. The number of halogens is 5. The average molecular weight is 311 g/mol. The van der Waals surface area contributed by atoms with Crippen molar-refractivity contribution in [3.05, 3.63) is 35.4 Å². The summed E-state index contributed by atoms with van der Waals surface area (Å²) in [7, 11) is 0. The molecular formula is C13H14F5NO2. The summed E-state index contributed by atoms with van der Waals surface area (Å²) in [6, 6.07) is 2.25. The molecule has 0 aliphatic heterocycles. The third-order valence-corrected chi connectivity index (χ3v) is 2.80. The quantitative estimate of drug-likeness (QED) is 0.671. The predicted octanol–water partition coefficient (Wildman–Crippen LogP) is 2.90. The van der Waals surface area contributed by atoms with E-state index in [1.54, 1.807) is 0 Å². The number of nitrogens with one attached hydrogen (secondary N) is 1. The zero-order valence-electron chi connectivity index (χ0n) is 11.4. The highest BCUT2D eigenvalue weighted by atomic mass is 19.4.